The summed E-state index contributed by atoms with van der Waals surface area (Å²) in [6.45, 7) is 5.96. The van der Waals surface area contributed by atoms with Crippen LogP contribution in [0.1, 0.15) is 36.8 Å². The van der Waals surface area contributed by atoms with E-state index in [0.29, 0.717) is 10.2 Å². The third kappa shape index (κ3) is 3.13. The van der Waals surface area contributed by atoms with Crippen LogP contribution in [0.3, 0.4) is 0 Å². The predicted molar refractivity (Wildman–Crippen MR) is 72.8 cm³/mol. The Hall–Kier alpha value is -1.96. The summed E-state index contributed by atoms with van der Waals surface area (Å²) in [7, 11) is 1.72. The molecule has 0 unspecified atom stereocenters. The summed E-state index contributed by atoms with van der Waals surface area (Å²) in [5.41, 5.74) is 0.691. The van der Waals surface area contributed by atoms with E-state index in [4.69, 9.17) is 0 Å². The van der Waals surface area contributed by atoms with Crippen LogP contribution < -0.4 is 0 Å². The van der Waals surface area contributed by atoms with E-state index in [0.717, 1.165) is 5.69 Å². The normalized spacial score (nSPS) is 11.6. The van der Waals surface area contributed by atoms with Gasteiger partial charge in [0.2, 0.25) is 5.16 Å². The van der Waals surface area contributed by atoms with Gasteiger partial charge in [0.05, 0.1) is 5.56 Å². The highest BCUT2D eigenvalue weighted by molar-refractivity contribution is 7.99. The molecule has 0 radical (unpaired) electrons. The lowest BCUT2D eigenvalue weighted by Gasteiger charge is -2.18. The van der Waals surface area contributed by atoms with Gasteiger partial charge in [0.25, 0.3) is 0 Å². The number of pyridine rings is 1. The zero-order valence-electron chi connectivity index (χ0n) is 11.7. The molecule has 0 spiro atoms. The number of carboxylic acids is 1. The van der Waals surface area contributed by atoms with Crippen molar-refractivity contribution in [2.45, 2.75) is 36.4 Å². The van der Waals surface area contributed by atoms with Crippen molar-refractivity contribution in [1.82, 2.24) is 25.2 Å². The third-order valence-corrected chi connectivity index (χ3v) is 3.54. The van der Waals surface area contributed by atoms with Crippen LogP contribution in [0, 0.1) is 0 Å². The van der Waals surface area contributed by atoms with E-state index in [2.05, 4.69) is 20.5 Å². The quantitative estimate of drug-likeness (QED) is 0.921. The fourth-order valence-electron chi connectivity index (χ4n) is 1.47. The molecule has 0 aromatic carbocycles. The van der Waals surface area contributed by atoms with E-state index < -0.39 is 5.97 Å². The average Bonchev–Trinajstić information content (AvgIpc) is 2.73. The summed E-state index contributed by atoms with van der Waals surface area (Å²) >= 11 is 1.24. The van der Waals surface area contributed by atoms with Gasteiger partial charge in [-0.2, -0.15) is 0 Å². The largest absolute Gasteiger partial charge is 0.478 e. The Bertz CT molecular complexity index is 648. The van der Waals surface area contributed by atoms with Gasteiger partial charge >= 0.3 is 5.97 Å². The number of aromatic nitrogens is 5. The van der Waals surface area contributed by atoms with E-state index in [1.807, 2.05) is 20.8 Å². The van der Waals surface area contributed by atoms with Gasteiger partial charge in [-0.15, -0.1) is 5.10 Å². The summed E-state index contributed by atoms with van der Waals surface area (Å²) < 4.78 is 1.51. The predicted octanol–water partition coefficient (Wildman–Crippen LogP) is 1.75. The smallest absolute Gasteiger partial charge is 0.335 e. The second kappa shape index (κ2) is 5.20. The molecule has 0 saturated carbocycles. The minimum Gasteiger partial charge on any atom is -0.478 e. The molecule has 0 bridgehead atoms. The maximum Gasteiger partial charge on any atom is 0.335 e. The number of aromatic carboxylic acids is 1. The molecule has 2 aromatic heterocycles. The Balaban J connectivity index is 2.45. The zero-order valence-corrected chi connectivity index (χ0v) is 12.5. The van der Waals surface area contributed by atoms with E-state index >= 15 is 0 Å². The Morgan fingerprint density at radius 1 is 1.35 bits per heavy atom. The molecule has 0 aliphatic rings. The minimum atomic E-state index is -0.976. The number of carbonyl (C=O) groups is 1. The highest BCUT2D eigenvalue weighted by Crippen LogP contribution is 2.28. The first-order valence-electron chi connectivity index (χ1n) is 5.93. The summed E-state index contributed by atoms with van der Waals surface area (Å²) in [6, 6.07) is 3.12. The number of rotatable bonds is 3. The average molecular weight is 293 g/mol. The maximum atomic E-state index is 11.2. The van der Waals surface area contributed by atoms with Crippen LogP contribution in [0.5, 0.6) is 0 Å². The second-order valence-corrected chi connectivity index (χ2v) is 6.31. The Morgan fingerprint density at radius 3 is 2.55 bits per heavy atom. The molecule has 0 amide bonds. The number of aryl methyl sites for hydroxylation is 1. The molecule has 20 heavy (non-hydrogen) atoms. The standard InChI is InChI=1S/C12H15N5O2S/c1-12(2,3)8-5-7(10(18)19)6-9(13-8)20-11-14-15-16-17(11)4/h5-6H,1-4H3,(H,18,19). The molecule has 2 heterocycles. The molecule has 2 aromatic rings. The van der Waals surface area contributed by atoms with E-state index in [9.17, 15) is 9.90 Å². The van der Waals surface area contributed by atoms with Gasteiger partial charge in [0.15, 0.2) is 0 Å². The van der Waals surface area contributed by atoms with Crippen molar-refractivity contribution in [3.05, 3.63) is 23.4 Å². The lowest BCUT2D eigenvalue weighted by molar-refractivity contribution is 0.0696. The molecule has 106 valence electrons. The van der Waals surface area contributed by atoms with Crippen molar-refractivity contribution in [1.29, 1.82) is 0 Å². The summed E-state index contributed by atoms with van der Waals surface area (Å²) in [6.07, 6.45) is 0. The molecule has 7 nitrogen and oxygen atoms in total. The monoisotopic (exact) mass is 293 g/mol. The highest BCUT2D eigenvalue weighted by atomic mass is 32.2. The molecule has 0 aliphatic carbocycles. The van der Waals surface area contributed by atoms with Gasteiger partial charge in [0, 0.05) is 18.2 Å². The van der Waals surface area contributed by atoms with Crippen LogP contribution in [-0.2, 0) is 12.5 Å². The van der Waals surface area contributed by atoms with E-state index in [1.165, 1.54) is 22.5 Å². The number of hydrogen-bond donors (Lipinski definition) is 1. The van der Waals surface area contributed by atoms with Gasteiger partial charge in [-0.05, 0) is 34.3 Å². The number of carboxylic acid groups (broad SMARTS) is 1. The van der Waals surface area contributed by atoms with Crippen LogP contribution in [0.2, 0.25) is 0 Å². The number of hydrogen-bond acceptors (Lipinski definition) is 6. The third-order valence-electron chi connectivity index (χ3n) is 2.59. The molecular formula is C12H15N5O2S. The van der Waals surface area contributed by atoms with Crippen molar-refractivity contribution >= 4 is 17.7 Å². The molecule has 0 atom stereocenters. The summed E-state index contributed by atoms with van der Waals surface area (Å²) in [5.74, 6) is -0.976. The Labute approximate surface area is 120 Å². The van der Waals surface area contributed by atoms with Crippen molar-refractivity contribution in [3.63, 3.8) is 0 Å². The van der Waals surface area contributed by atoms with Crippen molar-refractivity contribution < 1.29 is 9.90 Å². The van der Waals surface area contributed by atoms with Gasteiger partial charge < -0.3 is 5.11 Å². The van der Waals surface area contributed by atoms with Crippen LogP contribution in [0.4, 0.5) is 0 Å². The summed E-state index contributed by atoms with van der Waals surface area (Å²) in [4.78, 5) is 15.7. The van der Waals surface area contributed by atoms with Crippen molar-refractivity contribution in [2.75, 3.05) is 0 Å². The zero-order chi connectivity index (χ0) is 14.9. The fraction of sp³-hybridized carbons (Fsp3) is 0.417. The molecule has 0 saturated heterocycles. The first kappa shape index (κ1) is 14.4. The fourth-order valence-corrected chi connectivity index (χ4v) is 2.23. The lowest BCUT2D eigenvalue weighted by atomic mass is 9.91. The van der Waals surface area contributed by atoms with Crippen LogP contribution in [0.15, 0.2) is 22.3 Å². The Morgan fingerprint density at radius 2 is 2.05 bits per heavy atom. The minimum absolute atomic E-state index is 0.211. The summed E-state index contributed by atoms with van der Waals surface area (Å²) in [5, 5.41) is 21.4. The first-order chi connectivity index (χ1) is 9.27. The maximum absolute atomic E-state index is 11.2. The van der Waals surface area contributed by atoms with Gasteiger partial charge in [-0.1, -0.05) is 20.8 Å². The molecular weight excluding hydrogens is 278 g/mol. The van der Waals surface area contributed by atoms with E-state index in [1.54, 1.807) is 13.1 Å². The Kier molecular flexibility index (Phi) is 3.76. The van der Waals surface area contributed by atoms with Crippen molar-refractivity contribution in [3.8, 4) is 0 Å². The molecule has 2 rings (SSSR count). The highest BCUT2D eigenvalue weighted by Gasteiger charge is 2.20. The SMILES string of the molecule is Cn1nnnc1Sc1cc(C(=O)O)cc(C(C)(C)C)n1. The first-order valence-corrected chi connectivity index (χ1v) is 6.75. The molecule has 8 heteroatoms. The molecule has 0 aliphatic heterocycles. The molecule has 1 N–H and O–H groups in total. The van der Waals surface area contributed by atoms with Crippen molar-refractivity contribution in [2.24, 2.45) is 7.05 Å². The number of nitrogens with zero attached hydrogens (tertiary/aromatic N) is 5. The van der Waals surface area contributed by atoms with Gasteiger partial charge in [-0.25, -0.2) is 14.5 Å². The van der Waals surface area contributed by atoms with E-state index in [-0.39, 0.29) is 11.0 Å². The van der Waals surface area contributed by atoms with Crippen LogP contribution in [0.25, 0.3) is 0 Å². The lowest BCUT2D eigenvalue weighted by Crippen LogP contribution is -2.15. The van der Waals surface area contributed by atoms with Crippen LogP contribution >= 0.6 is 11.8 Å². The van der Waals surface area contributed by atoms with Gasteiger partial charge in [0.1, 0.15) is 5.03 Å². The topological polar surface area (TPSA) is 93.8 Å². The van der Waals surface area contributed by atoms with Crippen LogP contribution in [-0.4, -0.2) is 36.3 Å². The van der Waals surface area contributed by atoms with Gasteiger partial charge in [-0.3, -0.25) is 0 Å². The molecule has 0 fully saturated rings. The number of tetrazole rings is 1. The second-order valence-electron chi connectivity index (χ2n) is 5.32.